The molecule has 0 radical (unpaired) electrons. The molecule has 0 saturated carbocycles. The molecule has 0 spiro atoms. The van der Waals surface area contributed by atoms with E-state index in [0.717, 1.165) is 5.56 Å². The molecule has 0 saturated heterocycles. The number of hydrogen-bond donors (Lipinski definition) is 3. The number of nitrogens with zero attached hydrogens (tertiary/aromatic N) is 1. The zero-order chi connectivity index (χ0) is 14.3. The Hall–Kier alpha value is -2.55. The van der Waals surface area contributed by atoms with Crippen molar-refractivity contribution in [2.24, 2.45) is 0 Å². The number of urea groups is 1. The minimum absolute atomic E-state index is 0.271. The highest BCUT2D eigenvalue weighted by Gasteiger charge is 2.16. The number of carboxylic acid groups (broad SMARTS) is 1. The van der Waals surface area contributed by atoms with Crippen LogP contribution >= 0.6 is 0 Å². The normalized spacial score (nSPS) is 11.2. The van der Waals surface area contributed by atoms with E-state index in [2.05, 4.69) is 10.6 Å². The van der Waals surface area contributed by atoms with Gasteiger partial charge in [-0.3, -0.25) is 0 Å². The summed E-state index contributed by atoms with van der Waals surface area (Å²) in [6.07, 6.45) is 0.319. The number of rotatable bonds is 5. The Bertz CT molecular complexity index is 491. The number of hydrogen-bond acceptors (Lipinski definition) is 3. The van der Waals surface area contributed by atoms with Gasteiger partial charge in [0.2, 0.25) is 0 Å². The SMILES string of the molecule is CC[C@@H](NC(=O)NCc1ccc(C#N)cc1)C(=O)O. The Balaban J connectivity index is 2.45. The van der Waals surface area contributed by atoms with Crippen LogP contribution in [0.25, 0.3) is 0 Å². The summed E-state index contributed by atoms with van der Waals surface area (Å²) in [4.78, 5) is 22.2. The predicted molar refractivity (Wildman–Crippen MR) is 68.2 cm³/mol. The van der Waals surface area contributed by atoms with Gasteiger partial charge < -0.3 is 15.7 Å². The van der Waals surface area contributed by atoms with Crippen molar-refractivity contribution in [1.29, 1.82) is 5.26 Å². The molecule has 2 amide bonds. The number of benzene rings is 1. The van der Waals surface area contributed by atoms with E-state index in [1.54, 1.807) is 31.2 Å². The lowest BCUT2D eigenvalue weighted by Gasteiger charge is -2.13. The number of nitriles is 1. The average Bonchev–Trinajstić information content (AvgIpc) is 2.42. The molecule has 0 aromatic heterocycles. The highest BCUT2D eigenvalue weighted by Crippen LogP contribution is 2.02. The first-order valence-electron chi connectivity index (χ1n) is 5.83. The standard InChI is InChI=1S/C13H15N3O3/c1-2-11(12(17)18)16-13(19)15-8-10-5-3-9(7-14)4-6-10/h3-6,11H,2,8H2,1H3,(H,17,18)(H2,15,16,19)/t11-/m1/s1. The minimum atomic E-state index is -1.06. The molecule has 0 aliphatic heterocycles. The Morgan fingerprint density at radius 3 is 2.47 bits per heavy atom. The van der Waals surface area contributed by atoms with Gasteiger partial charge in [-0.15, -0.1) is 0 Å². The van der Waals surface area contributed by atoms with Gasteiger partial charge >= 0.3 is 12.0 Å². The van der Waals surface area contributed by atoms with Crippen LogP contribution in [0.2, 0.25) is 0 Å². The molecule has 0 aliphatic carbocycles. The Morgan fingerprint density at radius 1 is 1.37 bits per heavy atom. The second-order valence-corrected chi connectivity index (χ2v) is 3.93. The van der Waals surface area contributed by atoms with Gasteiger partial charge in [0.1, 0.15) is 6.04 Å². The smallest absolute Gasteiger partial charge is 0.326 e. The molecule has 1 rings (SSSR count). The van der Waals surface area contributed by atoms with Crippen LogP contribution in [-0.2, 0) is 11.3 Å². The van der Waals surface area contributed by atoms with Crippen LogP contribution < -0.4 is 10.6 Å². The third-order valence-corrected chi connectivity index (χ3v) is 2.55. The zero-order valence-electron chi connectivity index (χ0n) is 10.5. The second-order valence-electron chi connectivity index (χ2n) is 3.93. The third kappa shape index (κ3) is 4.68. The van der Waals surface area contributed by atoms with E-state index < -0.39 is 18.0 Å². The molecule has 0 heterocycles. The van der Waals surface area contributed by atoms with E-state index in [4.69, 9.17) is 10.4 Å². The van der Waals surface area contributed by atoms with Crippen molar-refractivity contribution in [1.82, 2.24) is 10.6 Å². The van der Waals surface area contributed by atoms with Crippen molar-refractivity contribution in [3.8, 4) is 6.07 Å². The summed E-state index contributed by atoms with van der Waals surface area (Å²) < 4.78 is 0. The summed E-state index contributed by atoms with van der Waals surface area (Å²) in [5.74, 6) is -1.06. The fraction of sp³-hybridized carbons (Fsp3) is 0.308. The summed E-state index contributed by atoms with van der Waals surface area (Å²) in [5, 5.41) is 22.3. The molecule has 1 aromatic rings. The van der Waals surface area contributed by atoms with Crippen molar-refractivity contribution in [2.75, 3.05) is 0 Å². The highest BCUT2D eigenvalue weighted by atomic mass is 16.4. The van der Waals surface area contributed by atoms with E-state index in [0.29, 0.717) is 12.0 Å². The number of nitrogens with one attached hydrogen (secondary N) is 2. The number of carbonyl (C=O) groups is 2. The fourth-order valence-corrected chi connectivity index (χ4v) is 1.43. The van der Waals surface area contributed by atoms with E-state index in [-0.39, 0.29) is 6.54 Å². The van der Waals surface area contributed by atoms with Crippen LogP contribution in [0.15, 0.2) is 24.3 Å². The largest absolute Gasteiger partial charge is 0.480 e. The van der Waals surface area contributed by atoms with E-state index in [9.17, 15) is 9.59 Å². The molecule has 6 heteroatoms. The van der Waals surface area contributed by atoms with Crippen molar-refractivity contribution in [2.45, 2.75) is 25.9 Å². The monoisotopic (exact) mass is 261 g/mol. The van der Waals surface area contributed by atoms with Gasteiger partial charge in [-0.25, -0.2) is 9.59 Å². The van der Waals surface area contributed by atoms with Crippen molar-refractivity contribution < 1.29 is 14.7 Å². The molecule has 3 N–H and O–H groups in total. The summed E-state index contributed by atoms with van der Waals surface area (Å²) in [6, 6.07) is 7.35. The van der Waals surface area contributed by atoms with Gasteiger partial charge in [0.05, 0.1) is 11.6 Å². The van der Waals surface area contributed by atoms with E-state index in [1.807, 2.05) is 6.07 Å². The van der Waals surface area contributed by atoms with Crippen LogP contribution in [0.5, 0.6) is 0 Å². The van der Waals surface area contributed by atoms with Crippen LogP contribution in [0, 0.1) is 11.3 Å². The van der Waals surface area contributed by atoms with Gasteiger partial charge in [-0.05, 0) is 24.1 Å². The maximum atomic E-state index is 11.5. The second kappa shape index (κ2) is 7.01. The van der Waals surface area contributed by atoms with Crippen LogP contribution in [0.3, 0.4) is 0 Å². The molecule has 1 atom stereocenters. The lowest BCUT2D eigenvalue weighted by molar-refractivity contribution is -0.139. The quantitative estimate of drug-likeness (QED) is 0.741. The number of carbonyl (C=O) groups excluding carboxylic acids is 1. The molecule has 0 unspecified atom stereocenters. The van der Waals surface area contributed by atoms with Gasteiger partial charge in [-0.2, -0.15) is 5.26 Å². The summed E-state index contributed by atoms with van der Waals surface area (Å²) in [6.45, 7) is 1.95. The molecule has 6 nitrogen and oxygen atoms in total. The first-order chi connectivity index (χ1) is 9.06. The Kier molecular flexibility index (Phi) is 5.35. The van der Waals surface area contributed by atoms with Crippen molar-refractivity contribution in [3.63, 3.8) is 0 Å². The third-order valence-electron chi connectivity index (χ3n) is 2.55. The topological polar surface area (TPSA) is 102 Å². The number of carboxylic acids is 1. The molecule has 0 aliphatic rings. The maximum absolute atomic E-state index is 11.5. The molecule has 0 bridgehead atoms. The maximum Gasteiger partial charge on any atom is 0.326 e. The molecular formula is C13H15N3O3. The van der Waals surface area contributed by atoms with Gasteiger partial charge in [0.15, 0.2) is 0 Å². The Labute approximate surface area is 111 Å². The summed E-state index contributed by atoms with van der Waals surface area (Å²) >= 11 is 0. The summed E-state index contributed by atoms with van der Waals surface area (Å²) in [5.41, 5.74) is 1.38. The first kappa shape index (κ1) is 14.5. The zero-order valence-corrected chi connectivity index (χ0v) is 10.5. The van der Waals surface area contributed by atoms with Crippen LogP contribution in [0.4, 0.5) is 4.79 Å². The first-order valence-corrected chi connectivity index (χ1v) is 5.83. The van der Waals surface area contributed by atoms with Crippen LogP contribution in [0.1, 0.15) is 24.5 Å². The highest BCUT2D eigenvalue weighted by molar-refractivity contribution is 5.82. The number of amides is 2. The number of aliphatic carboxylic acids is 1. The van der Waals surface area contributed by atoms with Crippen molar-refractivity contribution in [3.05, 3.63) is 35.4 Å². The van der Waals surface area contributed by atoms with Crippen LogP contribution in [-0.4, -0.2) is 23.1 Å². The van der Waals surface area contributed by atoms with Crippen molar-refractivity contribution >= 4 is 12.0 Å². The molecule has 100 valence electrons. The molecule has 1 aromatic carbocycles. The van der Waals surface area contributed by atoms with Gasteiger partial charge in [-0.1, -0.05) is 19.1 Å². The van der Waals surface area contributed by atoms with E-state index >= 15 is 0 Å². The van der Waals surface area contributed by atoms with Gasteiger partial charge in [0.25, 0.3) is 0 Å². The Morgan fingerprint density at radius 2 is 2.00 bits per heavy atom. The molecular weight excluding hydrogens is 246 g/mol. The van der Waals surface area contributed by atoms with E-state index in [1.165, 1.54) is 0 Å². The molecule has 0 fully saturated rings. The molecule has 19 heavy (non-hydrogen) atoms. The lowest BCUT2D eigenvalue weighted by atomic mass is 10.1. The average molecular weight is 261 g/mol. The predicted octanol–water partition coefficient (Wildman–Crippen LogP) is 1.22. The minimum Gasteiger partial charge on any atom is -0.480 e. The van der Waals surface area contributed by atoms with Gasteiger partial charge in [0, 0.05) is 6.54 Å². The summed E-state index contributed by atoms with van der Waals surface area (Å²) in [7, 11) is 0. The lowest BCUT2D eigenvalue weighted by Crippen LogP contribution is -2.45. The fourth-order valence-electron chi connectivity index (χ4n) is 1.43.